The molecule has 0 aliphatic heterocycles. The second-order valence-corrected chi connectivity index (χ2v) is 4.76. The number of nitrogens with zero attached hydrogens (tertiary/aromatic N) is 4. The van der Waals surface area contributed by atoms with Gasteiger partial charge >= 0.3 is 0 Å². The summed E-state index contributed by atoms with van der Waals surface area (Å²) in [6.07, 6.45) is 0. The number of hydrogen-bond donors (Lipinski definition) is 0. The van der Waals surface area contributed by atoms with Crippen LogP contribution in [-0.2, 0) is 0 Å². The molecule has 3 aromatic rings. The predicted molar refractivity (Wildman–Crippen MR) is 68.9 cm³/mol. The van der Waals surface area contributed by atoms with Gasteiger partial charge in [-0.15, -0.1) is 10.2 Å². The largest absolute Gasteiger partial charge is 0.191 e. The standard InChI is InChI=1S/C11H6BrClN4/c12-8-3-1-7(2-4-8)11-15-14-10-6-5-9(13)16-17(10)11/h1-6H. The molecule has 0 aliphatic carbocycles. The molecule has 0 amide bonds. The molecule has 84 valence electrons. The van der Waals surface area contributed by atoms with Gasteiger partial charge in [0.05, 0.1) is 0 Å². The zero-order valence-electron chi connectivity index (χ0n) is 8.51. The van der Waals surface area contributed by atoms with Gasteiger partial charge in [-0.25, -0.2) is 0 Å². The minimum atomic E-state index is 0.413. The predicted octanol–water partition coefficient (Wildman–Crippen LogP) is 3.21. The van der Waals surface area contributed by atoms with E-state index in [-0.39, 0.29) is 0 Å². The molecule has 0 N–H and O–H groups in total. The lowest BCUT2D eigenvalue weighted by atomic mass is 10.2. The van der Waals surface area contributed by atoms with Gasteiger partial charge in [0.1, 0.15) is 5.15 Å². The Labute approximate surface area is 110 Å². The van der Waals surface area contributed by atoms with Crippen LogP contribution in [0, 0.1) is 0 Å². The normalized spacial score (nSPS) is 10.9. The Morgan fingerprint density at radius 1 is 1.00 bits per heavy atom. The fourth-order valence-corrected chi connectivity index (χ4v) is 1.95. The van der Waals surface area contributed by atoms with E-state index in [9.17, 15) is 0 Å². The van der Waals surface area contributed by atoms with E-state index in [4.69, 9.17) is 11.6 Å². The molecule has 2 heterocycles. The van der Waals surface area contributed by atoms with E-state index < -0.39 is 0 Å². The Hall–Kier alpha value is -1.46. The molecule has 0 spiro atoms. The lowest BCUT2D eigenvalue weighted by molar-refractivity contribution is 0.936. The number of hydrogen-bond acceptors (Lipinski definition) is 3. The van der Waals surface area contributed by atoms with Gasteiger partial charge in [-0.1, -0.05) is 39.7 Å². The molecule has 17 heavy (non-hydrogen) atoms. The van der Waals surface area contributed by atoms with Crippen molar-refractivity contribution in [3.05, 3.63) is 46.0 Å². The van der Waals surface area contributed by atoms with E-state index >= 15 is 0 Å². The third kappa shape index (κ3) is 1.92. The maximum Gasteiger partial charge on any atom is 0.185 e. The van der Waals surface area contributed by atoms with Crippen LogP contribution in [0.1, 0.15) is 0 Å². The fraction of sp³-hybridized carbons (Fsp3) is 0. The summed E-state index contributed by atoms with van der Waals surface area (Å²) in [5, 5.41) is 12.7. The van der Waals surface area contributed by atoms with Crippen molar-refractivity contribution in [1.29, 1.82) is 0 Å². The van der Waals surface area contributed by atoms with Gasteiger partial charge in [0.15, 0.2) is 11.5 Å². The molecular weight excluding hydrogens is 304 g/mol. The monoisotopic (exact) mass is 308 g/mol. The molecule has 2 aromatic heterocycles. The zero-order valence-corrected chi connectivity index (χ0v) is 10.9. The van der Waals surface area contributed by atoms with E-state index in [0.29, 0.717) is 16.6 Å². The van der Waals surface area contributed by atoms with E-state index in [1.165, 1.54) is 0 Å². The van der Waals surface area contributed by atoms with E-state index in [2.05, 4.69) is 31.2 Å². The maximum absolute atomic E-state index is 5.87. The second-order valence-electron chi connectivity index (χ2n) is 3.46. The topological polar surface area (TPSA) is 43.1 Å². The van der Waals surface area contributed by atoms with Crippen molar-refractivity contribution < 1.29 is 0 Å². The number of rotatable bonds is 1. The van der Waals surface area contributed by atoms with Crippen molar-refractivity contribution in [2.75, 3.05) is 0 Å². The van der Waals surface area contributed by atoms with Crippen LogP contribution in [0.25, 0.3) is 17.0 Å². The highest BCUT2D eigenvalue weighted by atomic mass is 79.9. The molecule has 0 unspecified atom stereocenters. The number of fused-ring (bicyclic) bond motifs is 1. The second kappa shape index (κ2) is 4.09. The van der Waals surface area contributed by atoms with Gasteiger partial charge in [-0.05, 0) is 24.3 Å². The van der Waals surface area contributed by atoms with Crippen molar-refractivity contribution in [2.24, 2.45) is 0 Å². The third-order valence-electron chi connectivity index (χ3n) is 2.33. The highest BCUT2D eigenvalue weighted by Gasteiger charge is 2.09. The molecule has 3 rings (SSSR count). The van der Waals surface area contributed by atoms with Crippen molar-refractivity contribution in [2.45, 2.75) is 0 Å². The molecule has 0 radical (unpaired) electrons. The molecule has 1 aromatic carbocycles. The summed E-state index contributed by atoms with van der Waals surface area (Å²) >= 11 is 9.26. The Balaban J connectivity index is 2.23. The Morgan fingerprint density at radius 2 is 1.76 bits per heavy atom. The minimum absolute atomic E-state index is 0.413. The van der Waals surface area contributed by atoms with Gasteiger partial charge in [0.25, 0.3) is 0 Å². The summed E-state index contributed by atoms with van der Waals surface area (Å²) in [7, 11) is 0. The molecule has 0 saturated heterocycles. The Kier molecular flexibility index (Phi) is 2.57. The lowest BCUT2D eigenvalue weighted by Crippen LogP contribution is -1.94. The molecule has 6 heteroatoms. The van der Waals surface area contributed by atoms with Crippen molar-refractivity contribution >= 4 is 33.2 Å². The summed E-state index contributed by atoms with van der Waals surface area (Å²) in [5.41, 5.74) is 1.61. The highest BCUT2D eigenvalue weighted by molar-refractivity contribution is 9.10. The minimum Gasteiger partial charge on any atom is -0.191 e. The SMILES string of the molecule is Clc1ccc2nnc(-c3ccc(Br)cc3)n2n1. The number of aromatic nitrogens is 4. The van der Waals surface area contributed by atoms with Crippen LogP contribution >= 0.6 is 27.5 Å². The van der Waals surface area contributed by atoms with Crippen molar-refractivity contribution in [3.63, 3.8) is 0 Å². The summed E-state index contributed by atoms with van der Waals surface area (Å²) in [6, 6.07) is 11.3. The first kappa shape index (κ1) is 10.7. The lowest BCUT2D eigenvalue weighted by Gasteiger charge is -1.99. The maximum atomic E-state index is 5.87. The molecule has 0 fully saturated rings. The summed E-state index contributed by atoms with van der Waals surface area (Å²) < 4.78 is 2.65. The highest BCUT2D eigenvalue weighted by Crippen LogP contribution is 2.20. The van der Waals surface area contributed by atoms with Crippen LogP contribution in [0.5, 0.6) is 0 Å². The summed E-state index contributed by atoms with van der Waals surface area (Å²) in [4.78, 5) is 0. The average molecular weight is 310 g/mol. The third-order valence-corrected chi connectivity index (χ3v) is 3.06. The van der Waals surface area contributed by atoms with Gasteiger partial charge in [-0.3, -0.25) is 0 Å². The van der Waals surface area contributed by atoms with Crippen LogP contribution in [0.4, 0.5) is 0 Å². The first-order chi connectivity index (χ1) is 8.24. The molecule has 0 atom stereocenters. The number of halogens is 2. The van der Waals surface area contributed by atoms with Crippen LogP contribution < -0.4 is 0 Å². The zero-order chi connectivity index (χ0) is 11.8. The first-order valence-corrected chi connectivity index (χ1v) is 6.05. The molecular formula is C11H6BrClN4. The van der Waals surface area contributed by atoms with Gasteiger partial charge < -0.3 is 0 Å². The molecule has 0 bridgehead atoms. The smallest absolute Gasteiger partial charge is 0.185 e. The van der Waals surface area contributed by atoms with Gasteiger partial charge in [0, 0.05) is 10.0 Å². The summed E-state index contributed by atoms with van der Waals surface area (Å²) in [6.45, 7) is 0. The van der Waals surface area contributed by atoms with E-state index in [1.54, 1.807) is 16.6 Å². The molecule has 0 aliphatic rings. The quantitative estimate of drug-likeness (QED) is 0.693. The van der Waals surface area contributed by atoms with E-state index in [0.717, 1.165) is 10.0 Å². The van der Waals surface area contributed by atoms with Crippen LogP contribution in [0.2, 0.25) is 5.15 Å². The van der Waals surface area contributed by atoms with Crippen LogP contribution in [0.3, 0.4) is 0 Å². The van der Waals surface area contributed by atoms with Crippen LogP contribution in [-0.4, -0.2) is 19.8 Å². The average Bonchev–Trinajstić information content (AvgIpc) is 2.73. The molecule has 0 saturated carbocycles. The number of benzene rings is 1. The van der Waals surface area contributed by atoms with Gasteiger partial charge in [0.2, 0.25) is 0 Å². The van der Waals surface area contributed by atoms with Crippen LogP contribution in [0.15, 0.2) is 40.9 Å². The Morgan fingerprint density at radius 3 is 2.53 bits per heavy atom. The van der Waals surface area contributed by atoms with E-state index in [1.807, 2.05) is 24.3 Å². The first-order valence-electron chi connectivity index (χ1n) is 4.88. The molecule has 4 nitrogen and oxygen atoms in total. The fourth-order valence-electron chi connectivity index (χ4n) is 1.55. The van der Waals surface area contributed by atoms with Gasteiger partial charge in [-0.2, -0.15) is 9.61 Å². The van der Waals surface area contributed by atoms with Crippen molar-refractivity contribution in [1.82, 2.24) is 19.8 Å². The summed E-state index contributed by atoms with van der Waals surface area (Å²) in [5.74, 6) is 0.676. The van der Waals surface area contributed by atoms with Crippen molar-refractivity contribution in [3.8, 4) is 11.4 Å². The Bertz CT molecular complexity index is 678.